The number of benzene rings is 2. The molecule has 0 aliphatic heterocycles. The highest BCUT2D eigenvalue weighted by Crippen LogP contribution is 2.09. The Balaban J connectivity index is 1.83. The van der Waals surface area contributed by atoms with Gasteiger partial charge in [-0.2, -0.15) is 0 Å². The van der Waals surface area contributed by atoms with Crippen LogP contribution in [0.15, 0.2) is 53.4 Å². The topological polar surface area (TPSA) is 89.3 Å². The number of hydrogen-bond donors (Lipinski definition) is 2. The first-order valence-electron chi connectivity index (χ1n) is 7.29. The number of carbonyl (C=O) groups is 1. The summed E-state index contributed by atoms with van der Waals surface area (Å²) in [4.78, 5) is 12.0. The van der Waals surface area contributed by atoms with Gasteiger partial charge < -0.3 is 5.32 Å². The van der Waals surface area contributed by atoms with Crippen LogP contribution >= 0.6 is 0 Å². The van der Waals surface area contributed by atoms with E-state index in [4.69, 9.17) is 5.14 Å². The Bertz CT molecular complexity index is 784. The van der Waals surface area contributed by atoms with Crippen molar-refractivity contribution in [3.8, 4) is 0 Å². The number of carbonyl (C=O) groups excluding carboxylic acids is 1. The molecule has 2 aromatic carbocycles. The normalized spacial score (nSPS) is 11.2. The minimum atomic E-state index is -3.66. The van der Waals surface area contributed by atoms with Gasteiger partial charge in [-0.05, 0) is 42.2 Å². The molecule has 0 spiro atoms. The molecule has 0 aliphatic rings. The van der Waals surface area contributed by atoms with E-state index in [1.165, 1.54) is 12.1 Å². The van der Waals surface area contributed by atoms with E-state index in [1.807, 2.05) is 31.2 Å². The minimum absolute atomic E-state index is 0.0274. The molecule has 0 radical (unpaired) electrons. The SMILES string of the molecule is Cc1ccccc1CC(=O)NCCc1ccc(S(N)(=O)=O)cc1. The first-order chi connectivity index (χ1) is 10.9. The molecule has 0 heterocycles. The Kier molecular flexibility index (Phi) is 5.52. The van der Waals surface area contributed by atoms with Crippen LogP contribution in [0.5, 0.6) is 0 Å². The number of amides is 1. The van der Waals surface area contributed by atoms with E-state index in [0.29, 0.717) is 19.4 Å². The predicted molar refractivity (Wildman–Crippen MR) is 89.4 cm³/mol. The van der Waals surface area contributed by atoms with Crippen molar-refractivity contribution in [3.05, 3.63) is 65.2 Å². The highest BCUT2D eigenvalue weighted by atomic mass is 32.2. The summed E-state index contributed by atoms with van der Waals surface area (Å²) in [6.45, 7) is 2.48. The van der Waals surface area contributed by atoms with Crippen LogP contribution in [0.4, 0.5) is 0 Å². The Morgan fingerprint density at radius 3 is 2.35 bits per heavy atom. The second-order valence-electron chi connectivity index (χ2n) is 5.39. The second kappa shape index (κ2) is 7.39. The van der Waals surface area contributed by atoms with Gasteiger partial charge >= 0.3 is 0 Å². The summed E-state index contributed by atoms with van der Waals surface area (Å²) in [6, 6.07) is 14.1. The predicted octanol–water partition coefficient (Wildman–Crippen LogP) is 1.54. The van der Waals surface area contributed by atoms with Gasteiger partial charge in [0.1, 0.15) is 0 Å². The molecular formula is C17H20N2O3S. The van der Waals surface area contributed by atoms with Crippen molar-refractivity contribution in [2.45, 2.75) is 24.7 Å². The maximum Gasteiger partial charge on any atom is 0.238 e. The molecule has 6 heteroatoms. The molecule has 0 unspecified atom stereocenters. The number of primary sulfonamides is 1. The van der Waals surface area contributed by atoms with Gasteiger partial charge in [0.05, 0.1) is 11.3 Å². The van der Waals surface area contributed by atoms with Crippen molar-refractivity contribution in [3.63, 3.8) is 0 Å². The van der Waals surface area contributed by atoms with Crippen LogP contribution in [0.25, 0.3) is 0 Å². The molecule has 5 nitrogen and oxygen atoms in total. The van der Waals surface area contributed by atoms with Gasteiger partial charge in [-0.25, -0.2) is 13.6 Å². The summed E-state index contributed by atoms with van der Waals surface area (Å²) in [7, 11) is -3.66. The molecule has 122 valence electrons. The molecule has 0 aliphatic carbocycles. The molecule has 3 N–H and O–H groups in total. The minimum Gasteiger partial charge on any atom is -0.355 e. The number of sulfonamides is 1. The number of nitrogens with one attached hydrogen (secondary N) is 1. The maximum atomic E-state index is 11.9. The van der Waals surface area contributed by atoms with E-state index < -0.39 is 10.0 Å². The molecule has 23 heavy (non-hydrogen) atoms. The third-order valence-electron chi connectivity index (χ3n) is 3.60. The molecule has 2 aromatic rings. The van der Waals surface area contributed by atoms with Crippen molar-refractivity contribution < 1.29 is 13.2 Å². The van der Waals surface area contributed by atoms with E-state index in [0.717, 1.165) is 16.7 Å². The van der Waals surface area contributed by atoms with Crippen molar-refractivity contribution in [2.75, 3.05) is 6.54 Å². The van der Waals surface area contributed by atoms with E-state index in [-0.39, 0.29) is 10.8 Å². The highest BCUT2D eigenvalue weighted by molar-refractivity contribution is 7.89. The molecule has 0 saturated carbocycles. The monoisotopic (exact) mass is 332 g/mol. The lowest BCUT2D eigenvalue weighted by Crippen LogP contribution is -2.27. The summed E-state index contributed by atoms with van der Waals surface area (Å²) in [5.41, 5.74) is 3.05. The average Bonchev–Trinajstić information content (AvgIpc) is 2.49. The zero-order chi connectivity index (χ0) is 16.9. The quantitative estimate of drug-likeness (QED) is 0.841. The van der Waals surface area contributed by atoms with Crippen molar-refractivity contribution in [1.29, 1.82) is 0 Å². The van der Waals surface area contributed by atoms with Gasteiger partial charge in [0, 0.05) is 6.54 Å². The lowest BCUT2D eigenvalue weighted by atomic mass is 10.1. The fourth-order valence-electron chi connectivity index (χ4n) is 2.24. The van der Waals surface area contributed by atoms with Crippen LogP contribution in [0.3, 0.4) is 0 Å². The largest absolute Gasteiger partial charge is 0.355 e. The number of hydrogen-bond acceptors (Lipinski definition) is 3. The standard InChI is InChI=1S/C17H20N2O3S/c1-13-4-2-3-5-15(13)12-17(20)19-11-10-14-6-8-16(9-7-14)23(18,21)22/h2-9H,10-12H2,1H3,(H,19,20)(H2,18,21,22). The summed E-state index contributed by atoms with van der Waals surface area (Å²) in [5.74, 6) is -0.0274. The smallest absolute Gasteiger partial charge is 0.238 e. The van der Waals surface area contributed by atoms with Gasteiger partial charge in [0.2, 0.25) is 15.9 Å². The third kappa shape index (κ3) is 5.19. The lowest BCUT2D eigenvalue weighted by molar-refractivity contribution is -0.120. The molecule has 0 bridgehead atoms. The van der Waals surface area contributed by atoms with E-state index in [9.17, 15) is 13.2 Å². The third-order valence-corrected chi connectivity index (χ3v) is 4.53. The highest BCUT2D eigenvalue weighted by Gasteiger charge is 2.07. The fraction of sp³-hybridized carbons (Fsp3) is 0.235. The Morgan fingerprint density at radius 1 is 1.09 bits per heavy atom. The first kappa shape index (κ1) is 17.2. The van der Waals surface area contributed by atoms with Crippen LogP contribution in [0, 0.1) is 6.92 Å². The van der Waals surface area contributed by atoms with Gasteiger partial charge in [-0.1, -0.05) is 36.4 Å². The second-order valence-corrected chi connectivity index (χ2v) is 6.95. The van der Waals surface area contributed by atoms with Gasteiger partial charge in [-0.3, -0.25) is 4.79 Å². The Hall–Kier alpha value is -2.18. The summed E-state index contributed by atoms with van der Waals surface area (Å²) < 4.78 is 22.3. The van der Waals surface area contributed by atoms with Crippen LogP contribution in [-0.2, 0) is 27.7 Å². The molecule has 1 amide bonds. The number of nitrogens with two attached hydrogens (primary N) is 1. The summed E-state index contributed by atoms with van der Waals surface area (Å²) in [5, 5.41) is 7.92. The van der Waals surface area contributed by atoms with Crippen LogP contribution in [0.2, 0.25) is 0 Å². The van der Waals surface area contributed by atoms with E-state index in [2.05, 4.69) is 5.32 Å². The molecule has 2 rings (SSSR count). The van der Waals surface area contributed by atoms with Crippen LogP contribution in [0.1, 0.15) is 16.7 Å². The van der Waals surface area contributed by atoms with Gasteiger partial charge in [0.25, 0.3) is 0 Å². The van der Waals surface area contributed by atoms with Gasteiger partial charge in [0.15, 0.2) is 0 Å². The molecule has 0 fully saturated rings. The molecule has 0 aromatic heterocycles. The number of aryl methyl sites for hydroxylation is 1. The van der Waals surface area contributed by atoms with Crippen molar-refractivity contribution >= 4 is 15.9 Å². The Labute approximate surface area is 136 Å². The van der Waals surface area contributed by atoms with Crippen LogP contribution < -0.4 is 10.5 Å². The first-order valence-corrected chi connectivity index (χ1v) is 8.84. The Morgan fingerprint density at radius 2 is 1.74 bits per heavy atom. The fourth-order valence-corrected chi connectivity index (χ4v) is 2.75. The number of rotatable bonds is 6. The maximum absolute atomic E-state index is 11.9. The zero-order valence-corrected chi connectivity index (χ0v) is 13.8. The summed E-state index contributed by atoms with van der Waals surface area (Å²) >= 11 is 0. The lowest BCUT2D eigenvalue weighted by Gasteiger charge is -2.08. The van der Waals surface area contributed by atoms with E-state index >= 15 is 0 Å². The van der Waals surface area contributed by atoms with E-state index in [1.54, 1.807) is 12.1 Å². The van der Waals surface area contributed by atoms with Crippen molar-refractivity contribution in [1.82, 2.24) is 5.32 Å². The molecule has 0 saturated heterocycles. The van der Waals surface area contributed by atoms with Gasteiger partial charge in [-0.15, -0.1) is 0 Å². The van der Waals surface area contributed by atoms with Crippen LogP contribution in [-0.4, -0.2) is 20.9 Å². The zero-order valence-electron chi connectivity index (χ0n) is 13.0. The molecular weight excluding hydrogens is 312 g/mol. The van der Waals surface area contributed by atoms with Crippen molar-refractivity contribution in [2.24, 2.45) is 5.14 Å². The summed E-state index contributed by atoms with van der Waals surface area (Å²) in [6.07, 6.45) is 0.988. The molecule has 0 atom stereocenters. The average molecular weight is 332 g/mol.